The van der Waals surface area contributed by atoms with E-state index in [0.29, 0.717) is 24.9 Å². The Balaban J connectivity index is 2.24. The number of carbonyl (C=O) groups excluding carboxylic acids is 4. The van der Waals surface area contributed by atoms with Gasteiger partial charge in [-0.3, -0.25) is 19.2 Å². The maximum Gasteiger partial charge on any atom is 0.326 e. The number of aliphatic carboxylic acids is 1. The zero-order valence-electron chi connectivity index (χ0n) is 22.3. The van der Waals surface area contributed by atoms with Crippen molar-refractivity contribution in [1.82, 2.24) is 16.0 Å². The number of primary amides is 1. The Morgan fingerprint density at radius 3 is 1.68 bits per heavy atom. The highest BCUT2D eigenvalue weighted by atomic mass is 16.4. The van der Waals surface area contributed by atoms with Crippen LogP contribution in [-0.2, 0) is 36.8 Å². The molecule has 0 aromatic heterocycles. The van der Waals surface area contributed by atoms with Gasteiger partial charge in [0.05, 0.1) is 12.5 Å². The van der Waals surface area contributed by atoms with Crippen molar-refractivity contribution in [2.45, 2.75) is 62.7 Å². The summed E-state index contributed by atoms with van der Waals surface area (Å²) in [5.41, 5.74) is 17.9. The molecular weight excluding hydrogens is 516 g/mol. The molecule has 0 aliphatic carbocycles. The van der Waals surface area contributed by atoms with E-state index in [4.69, 9.17) is 17.2 Å². The third-order valence-electron chi connectivity index (χ3n) is 6.15. The van der Waals surface area contributed by atoms with Crippen molar-refractivity contribution in [2.24, 2.45) is 17.2 Å². The predicted octanol–water partition coefficient (Wildman–Crippen LogP) is -0.657. The zero-order chi connectivity index (χ0) is 29.5. The van der Waals surface area contributed by atoms with Gasteiger partial charge in [0, 0.05) is 12.8 Å². The van der Waals surface area contributed by atoms with Crippen LogP contribution in [0.3, 0.4) is 0 Å². The largest absolute Gasteiger partial charge is 0.480 e. The molecule has 2 aromatic rings. The van der Waals surface area contributed by atoms with E-state index in [9.17, 15) is 29.1 Å². The van der Waals surface area contributed by atoms with E-state index in [1.807, 2.05) is 0 Å². The van der Waals surface area contributed by atoms with Crippen molar-refractivity contribution >= 4 is 29.6 Å². The molecule has 216 valence electrons. The zero-order valence-corrected chi connectivity index (χ0v) is 22.3. The van der Waals surface area contributed by atoms with E-state index < -0.39 is 60.2 Å². The Labute approximate surface area is 233 Å². The average Bonchev–Trinajstić information content (AvgIpc) is 2.92. The second kappa shape index (κ2) is 16.6. The first-order chi connectivity index (χ1) is 19.1. The highest BCUT2D eigenvalue weighted by molar-refractivity contribution is 5.95. The summed E-state index contributed by atoms with van der Waals surface area (Å²) in [6, 6.07) is 13.0. The quantitative estimate of drug-likeness (QED) is 0.124. The number of nitrogens with two attached hydrogens (primary N) is 3. The van der Waals surface area contributed by atoms with Crippen LogP contribution in [0.15, 0.2) is 60.7 Å². The molecule has 12 nitrogen and oxygen atoms in total. The lowest BCUT2D eigenvalue weighted by Gasteiger charge is -2.25. The number of carbonyl (C=O) groups is 5. The van der Waals surface area contributed by atoms with Gasteiger partial charge < -0.3 is 38.3 Å². The molecule has 4 atom stereocenters. The summed E-state index contributed by atoms with van der Waals surface area (Å²) in [7, 11) is 0. The fourth-order valence-electron chi connectivity index (χ4n) is 4.00. The molecule has 0 saturated carbocycles. The lowest BCUT2D eigenvalue weighted by Crippen LogP contribution is -2.58. The van der Waals surface area contributed by atoms with Crippen LogP contribution in [0.4, 0.5) is 0 Å². The molecule has 0 aliphatic rings. The molecule has 0 radical (unpaired) electrons. The Morgan fingerprint density at radius 2 is 1.18 bits per heavy atom. The normalized spacial score (nSPS) is 13.8. The summed E-state index contributed by atoms with van der Waals surface area (Å²) < 4.78 is 0. The van der Waals surface area contributed by atoms with Crippen LogP contribution in [0.5, 0.6) is 0 Å². The second-order valence-electron chi connectivity index (χ2n) is 9.46. The number of amides is 4. The molecule has 0 aliphatic heterocycles. The van der Waals surface area contributed by atoms with E-state index in [0.717, 1.165) is 5.56 Å². The summed E-state index contributed by atoms with van der Waals surface area (Å²) in [5.74, 6) is -4.10. The summed E-state index contributed by atoms with van der Waals surface area (Å²) in [4.78, 5) is 62.4. The van der Waals surface area contributed by atoms with Gasteiger partial charge >= 0.3 is 5.97 Å². The minimum atomic E-state index is -1.25. The number of nitrogens with one attached hydrogen (secondary N) is 3. The van der Waals surface area contributed by atoms with Gasteiger partial charge in [0.1, 0.15) is 18.1 Å². The standard InChI is InChI=1S/C28H38N6O6/c29-14-8-7-13-21(32-25(36)20(30)17-24(31)35)26(37)33-22(15-18-9-3-1-4-10-18)27(38)34-23(28(39)40)16-19-11-5-2-6-12-19/h1-6,9-12,20-23H,7-8,13-17,29-30H2,(H2,31,35)(H,32,36)(H,33,37)(H,34,38)(H,39,40). The van der Waals surface area contributed by atoms with Crippen LogP contribution >= 0.6 is 0 Å². The van der Waals surface area contributed by atoms with Crippen LogP contribution in [0.2, 0.25) is 0 Å². The molecule has 0 saturated heterocycles. The van der Waals surface area contributed by atoms with Crippen LogP contribution in [0.1, 0.15) is 36.8 Å². The fourth-order valence-corrected chi connectivity index (χ4v) is 4.00. The third kappa shape index (κ3) is 11.2. The SMILES string of the molecule is NCCCCC(NC(=O)C(N)CC(N)=O)C(=O)NC(Cc1ccccc1)C(=O)NC(Cc1ccccc1)C(=O)O. The Hall–Kier alpha value is -4.29. The minimum absolute atomic E-state index is 0.0451. The molecule has 0 fully saturated rings. The summed E-state index contributed by atoms with van der Waals surface area (Å²) >= 11 is 0. The van der Waals surface area contributed by atoms with Crippen molar-refractivity contribution in [3.05, 3.63) is 71.8 Å². The van der Waals surface area contributed by atoms with Gasteiger partial charge in [-0.1, -0.05) is 60.7 Å². The van der Waals surface area contributed by atoms with Gasteiger partial charge in [0.15, 0.2) is 0 Å². The van der Waals surface area contributed by atoms with Gasteiger partial charge in [-0.15, -0.1) is 0 Å². The fraction of sp³-hybridized carbons (Fsp3) is 0.393. The van der Waals surface area contributed by atoms with E-state index in [1.165, 1.54) is 0 Å². The molecule has 2 rings (SSSR count). The number of hydrogen-bond donors (Lipinski definition) is 7. The Kier molecular flexibility index (Phi) is 13.3. The summed E-state index contributed by atoms with van der Waals surface area (Å²) in [6.45, 7) is 0.375. The van der Waals surface area contributed by atoms with Gasteiger partial charge in [-0.05, 0) is 36.9 Å². The Morgan fingerprint density at radius 1 is 0.700 bits per heavy atom. The van der Waals surface area contributed by atoms with Crippen LogP contribution < -0.4 is 33.2 Å². The molecule has 40 heavy (non-hydrogen) atoms. The first-order valence-electron chi connectivity index (χ1n) is 13.1. The molecule has 4 amide bonds. The maximum atomic E-state index is 13.4. The Bertz CT molecular complexity index is 1130. The lowest BCUT2D eigenvalue weighted by atomic mass is 10.0. The molecule has 4 unspecified atom stereocenters. The monoisotopic (exact) mass is 554 g/mol. The van der Waals surface area contributed by atoms with E-state index in [-0.39, 0.29) is 19.3 Å². The van der Waals surface area contributed by atoms with Gasteiger partial charge in [-0.2, -0.15) is 0 Å². The molecule has 0 heterocycles. The highest BCUT2D eigenvalue weighted by Gasteiger charge is 2.30. The molecule has 12 heteroatoms. The first kappa shape index (κ1) is 31.9. The predicted molar refractivity (Wildman–Crippen MR) is 148 cm³/mol. The van der Waals surface area contributed by atoms with Crippen molar-refractivity contribution in [1.29, 1.82) is 0 Å². The summed E-state index contributed by atoms with van der Waals surface area (Å²) in [5, 5.41) is 17.5. The van der Waals surface area contributed by atoms with Crippen molar-refractivity contribution in [3.63, 3.8) is 0 Å². The average molecular weight is 555 g/mol. The van der Waals surface area contributed by atoms with Gasteiger partial charge in [0.2, 0.25) is 23.6 Å². The topological polar surface area (TPSA) is 220 Å². The second-order valence-corrected chi connectivity index (χ2v) is 9.46. The van der Waals surface area contributed by atoms with E-state index in [2.05, 4.69) is 16.0 Å². The van der Waals surface area contributed by atoms with Crippen molar-refractivity contribution < 1.29 is 29.1 Å². The number of hydrogen-bond acceptors (Lipinski definition) is 7. The number of rotatable bonds is 17. The summed E-state index contributed by atoms with van der Waals surface area (Å²) in [6.07, 6.45) is 0.988. The van der Waals surface area contributed by atoms with Crippen LogP contribution in [0.25, 0.3) is 0 Å². The number of unbranched alkanes of at least 4 members (excludes halogenated alkanes) is 1. The van der Waals surface area contributed by atoms with E-state index >= 15 is 0 Å². The molecule has 0 spiro atoms. The van der Waals surface area contributed by atoms with E-state index in [1.54, 1.807) is 60.7 Å². The van der Waals surface area contributed by atoms with Crippen molar-refractivity contribution in [2.75, 3.05) is 6.54 Å². The lowest BCUT2D eigenvalue weighted by molar-refractivity contribution is -0.142. The maximum absolute atomic E-state index is 13.4. The third-order valence-corrected chi connectivity index (χ3v) is 6.15. The molecule has 10 N–H and O–H groups in total. The van der Waals surface area contributed by atoms with Crippen LogP contribution in [-0.4, -0.2) is 65.4 Å². The minimum Gasteiger partial charge on any atom is -0.480 e. The molecule has 2 aromatic carbocycles. The van der Waals surface area contributed by atoms with Crippen molar-refractivity contribution in [3.8, 4) is 0 Å². The first-order valence-corrected chi connectivity index (χ1v) is 13.1. The molecular formula is C28H38N6O6. The highest BCUT2D eigenvalue weighted by Crippen LogP contribution is 2.09. The smallest absolute Gasteiger partial charge is 0.326 e. The van der Waals surface area contributed by atoms with Gasteiger partial charge in [-0.25, -0.2) is 4.79 Å². The number of benzene rings is 2. The van der Waals surface area contributed by atoms with Gasteiger partial charge in [0.25, 0.3) is 0 Å². The van der Waals surface area contributed by atoms with Crippen LogP contribution in [0, 0.1) is 0 Å². The molecule has 0 bridgehead atoms. The number of carboxylic acids is 1. The number of carboxylic acid groups (broad SMARTS) is 1.